The molecule has 0 atom stereocenters. The van der Waals surface area contributed by atoms with Crippen LogP contribution in [0.1, 0.15) is 54.2 Å². The molecule has 0 fully saturated rings. The highest BCUT2D eigenvalue weighted by molar-refractivity contribution is 5.90. The molecule has 0 spiro atoms. The molecule has 0 radical (unpaired) electrons. The van der Waals surface area contributed by atoms with Gasteiger partial charge in [-0.1, -0.05) is 19.8 Å². The van der Waals surface area contributed by atoms with Gasteiger partial charge in [-0.05, 0) is 50.4 Å². The number of rotatable bonds is 9. The van der Waals surface area contributed by atoms with E-state index in [0.717, 1.165) is 48.3 Å². The molecular weight excluding hydrogens is 429 g/mol. The highest BCUT2D eigenvalue weighted by atomic mass is 19.4. The summed E-state index contributed by atoms with van der Waals surface area (Å²) in [5.41, 5.74) is 4.20. The van der Waals surface area contributed by atoms with Gasteiger partial charge >= 0.3 is 18.1 Å². The minimum atomic E-state index is -5.08. The van der Waals surface area contributed by atoms with Gasteiger partial charge in [0.15, 0.2) is 0 Å². The molecule has 11 heteroatoms. The van der Waals surface area contributed by atoms with Crippen molar-refractivity contribution in [3.63, 3.8) is 0 Å². The van der Waals surface area contributed by atoms with Crippen LogP contribution in [0.25, 0.3) is 11.3 Å². The van der Waals surface area contributed by atoms with Crippen molar-refractivity contribution in [2.75, 3.05) is 13.1 Å². The number of carbonyl (C=O) groups is 2. The molecule has 0 saturated heterocycles. The van der Waals surface area contributed by atoms with Crippen LogP contribution in [0.15, 0.2) is 18.5 Å². The Hall–Kier alpha value is -2.95. The second kappa shape index (κ2) is 11.6. The van der Waals surface area contributed by atoms with Crippen molar-refractivity contribution < 1.29 is 33.0 Å². The smallest absolute Gasteiger partial charge is 0.477 e. The van der Waals surface area contributed by atoms with Gasteiger partial charge in [-0.2, -0.15) is 18.3 Å². The van der Waals surface area contributed by atoms with Gasteiger partial charge in [0.25, 0.3) is 0 Å². The van der Waals surface area contributed by atoms with Crippen molar-refractivity contribution >= 4 is 11.9 Å². The number of aromatic carboxylic acids is 1. The summed E-state index contributed by atoms with van der Waals surface area (Å²) in [4.78, 5) is 24.8. The summed E-state index contributed by atoms with van der Waals surface area (Å²) in [6, 6.07) is 1.94. The summed E-state index contributed by atoms with van der Waals surface area (Å²) >= 11 is 0. The molecule has 1 aliphatic rings. The fraction of sp³-hybridized carbons (Fsp3) is 0.524. The highest BCUT2D eigenvalue weighted by Gasteiger charge is 2.38. The van der Waals surface area contributed by atoms with Gasteiger partial charge in [-0.3, -0.25) is 9.67 Å². The first-order valence-electron chi connectivity index (χ1n) is 10.4. The maximum absolute atomic E-state index is 11.8. The molecule has 32 heavy (non-hydrogen) atoms. The van der Waals surface area contributed by atoms with Crippen LogP contribution in [-0.4, -0.2) is 56.2 Å². The standard InChI is InChI=1S/C19H26N4O2.C2HF3O2/c1-2-3-4-9-20-10-5-12-23-18(19(24)25)16-7-6-14-13-21-11-8-15(14)17(16)22-23;3-2(4,5)1(6)7/h8,11,13,20H,2-7,9-10,12H2,1H3,(H,24,25);(H,6,7). The second-order valence-corrected chi connectivity index (χ2v) is 7.35. The Morgan fingerprint density at radius 2 is 1.84 bits per heavy atom. The van der Waals surface area contributed by atoms with Crippen molar-refractivity contribution in [3.05, 3.63) is 35.3 Å². The molecule has 2 heterocycles. The normalized spacial score (nSPS) is 12.4. The van der Waals surface area contributed by atoms with Crippen molar-refractivity contribution in [2.45, 2.75) is 58.2 Å². The first-order valence-corrected chi connectivity index (χ1v) is 10.4. The minimum Gasteiger partial charge on any atom is -0.477 e. The van der Waals surface area contributed by atoms with Crippen LogP contribution in [0.2, 0.25) is 0 Å². The van der Waals surface area contributed by atoms with Crippen LogP contribution in [-0.2, 0) is 24.2 Å². The molecule has 2 aromatic rings. The molecule has 2 aromatic heterocycles. The van der Waals surface area contributed by atoms with E-state index >= 15 is 0 Å². The molecule has 0 unspecified atom stereocenters. The van der Waals surface area contributed by atoms with E-state index in [-0.39, 0.29) is 0 Å². The number of nitrogens with zero attached hydrogens (tertiary/aromatic N) is 3. The van der Waals surface area contributed by atoms with Crippen LogP contribution in [0, 0.1) is 0 Å². The topological polar surface area (TPSA) is 117 Å². The average molecular weight is 456 g/mol. The summed E-state index contributed by atoms with van der Waals surface area (Å²) in [5.74, 6) is -3.64. The van der Waals surface area contributed by atoms with Crippen LogP contribution >= 0.6 is 0 Å². The summed E-state index contributed by atoms with van der Waals surface area (Å²) in [5, 5.41) is 24.9. The maximum atomic E-state index is 11.8. The predicted molar refractivity (Wildman–Crippen MR) is 111 cm³/mol. The highest BCUT2D eigenvalue weighted by Crippen LogP contribution is 2.34. The number of fused-ring (bicyclic) bond motifs is 3. The summed E-state index contributed by atoms with van der Waals surface area (Å²) in [6.45, 7) is 4.72. The van der Waals surface area contributed by atoms with Gasteiger partial charge in [0, 0.05) is 30.1 Å². The van der Waals surface area contributed by atoms with E-state index in [1.807, 2.05) is 12.3 Å². The Morgan fingerprint density at radius 1 is 1.16 bits per heavy atom. The third-order valence-corrected chi connectivity index (χ3v) is 4.98. The molecule has 8 nitrogen and oxygen atoms in total. The lowest BCUT2D eigenvalue weighted by atomic mass is 9.90. The molecule has 0 amide bonds. The Bertz CT molecular complexity index is 928. The molecule has 1 aliphatic carbocycles. The number of hydrogen-bond donors (Lipinski definition) is 3. The molecule has 0 saturated carbocycles. The molecule has 3 N–H and O–H groups in total. The number of unbranched alkanes of at least 4 members (excludes halogenated alkanes) is 2. The Kier molecular flexibility index (Phi) is 9.18. The van der Waals surface area contributed by atoms with E-state index in [4.69, 9.17) is 9.90 Å². The van der Waals surface area contributed by atoms with Gasteiger partial charge in [0.05, 0.1) is 5.69 Å². The van der Waals surface area contributed by atoms with Gasteiger partial charge < -0.3 is 15.5 Å². The number of nitrogens with one attached hydrogen (secondary N) is 1. The fourth-order valence-corrected chi connectivity index (χ4v) is 3.45. The molecule has 3 rings (SSSR count). The third kappa shape index (κ3) is 6.78. The number of aryl methyl sites for hydroxylation is 2. The van der Waals surface area contributed by atoms with Gasteiger partial charge in [-0.25, -0.2) is 9.59 Å². The van der Waals surface area contributed by atoms with E-state index in [9.17, 15) is 23.1 Å². The largest absolute Gasteiger partial charge is 0.490 e. The zero-order chi connectivity index (χ0) is 23.7. The number of halogens is 3. The van der Waals surface area contributed by atoms with Crippen LogP contribution in [0.4, 0.5) is 13.2 Å². The lowest BCUT2D eigenvalue weighted by Crippen LogP contribution is -2.21. The Labute approximate surface area is 183 Å². The first-order chi connectivity index (χ1) is 15.2. The predicted octanol–water partition coefficient (Wildman–Crippen LogP) is 3.55. The Balaban J connectivity index is 0.000000451. The van der Waals surface area contributed by atoms with E-state index < -0.39 is 18.1 Å². The van der Waals surface area contributed by atoms with Crippen LogP contribution < -0.4 is 5.32 Å². The SMILES string of the molecule is CCCCCNCCCn1nc2c(c1C(=O)O)CCc1cnccc1-2.O=C(O)C(F)(F)F. The second-order valence-electron chi connectivity index (χ2n) is 7.35. The van der Waals surface area contributed by atoms with E-state index in [0.29, 0.717) is 18.7 Å². The van der Waals surface area contributed by atoms with Crippen molar-refractivity contribution in [1.29, 1.82) is 0 Å². The Morgan fingerprint density at radius 3 is 2.47 bits per heavy atom. The summed E-state index contributed by atoms with van der Waals surface area (Å²) in [6.07, 6.45) is 4.58. The number of aliphatic carboxylic acids is 1. The van der Waals surface area contributed by atoms with Gasteiger partial charge in [-0.15, -0.1) is 0 Å². The first kappa shape index (κ1) is 25.3. The molecular formula is C21H27F3N4O4. The van der Waals surface area contributed by atoms with Crippen molar-refractivity contribution in [2.24, 2.45) is 0 Å². The summed E-state index contributed by atoms with van der Waals surface area (Å²) in [7, 11) is 0. The van der Waals surface area contributed by atoms with E-state index in [1.165, 1.54) is 19.3 Å². The van der Waals surface area contributed by atoms with E-state index in [1.54, 1.807) is 10.9 Å². The lowest BCUT2D eigenvalue weighted by Gasteiger charge is -2.14. The zero-order valence-electron chi connectivity index (χ0n) is 17.8. The number of hydrogen-bond acceptors (Lipinski definition) is 5. The minimum absolute atomic E-state index is 0.350. The third-order valence-electron chi connectivity index (χ3n) is 4.98. The monoisotopic (exact) mass is 456 g/mol. The molecule has 0 aliphatic heterocycles. The number of alkyl halides is 3. The van der Waals surface area contributed by atoms with Crippen molar-refractivity contribution in [3.8, 4) is 11.3 Å². The molecule has 0 bridgehead atoms. The van der Waals surface area contributed by atoms with Crippen LogP contribution in [0.5, 0.6) is 0 Å². The van der Waals surface area contributed by atoms with Gasteiger partial charge in [0.2, 0.25) is 0 Å². The van der Waals surface area contributed by atoms with Crippen molar-refractivity contribution in [1.82, 2.24) is 20.1 Å². The summed E-state index contributed by atoms with van der Waals surface area (Å²) < 4.78 is 33.4. The van der Waals surface area contributed by atoms with E-state index in [2.05, 4.69) is 22.3 Å². The molecule has 0 aromatic carbocycles. The van der Waals surface area contributed by atoms with Crippen LogP contribution in [0.3, 0.4) is 0 Å². The van der Waals surface area contributed by atoms with Gasteiger partial charge in [0.1, 0.15) is 5.69 Å². The molecule has 176 valence electrons. The maximum Gasteiger partial charge on any atom is 0.490 e. The fourth-order valence-electron chi connectivity index (χ4n) is 3.45. The number of pyridine rings is 1. The number of carboxylic acids is 2. The lowest BCUT2D eigenvalue weighted by molar-refractivity contribution is -0.192. The zero-order valence-corrected chi connectivity index (χ0v) is 17.8. The number of aromatic nitrogens is 3. The average Bonchev–Trinajstić information content (AvgIpc) is 3.12. The number of carboxylic acid groups (broad SMARTS) is 2. The quantitative estimate of drug-likeness (QED) is 0.494.